The van der Waals surface area contributed by atoms with Crippen LogP contribution in [0.15, 0.2) is 52.4 Å². The van der Waals surface area contributed by atoms with E-state index in [2.05, 4.69) is 4.99 Å². The van der Waals surface area contributed by atoms with Crippen molar-refractivity contribution < 1.29 is 17.9 Å². The third kappa shape index (κ3) is 3.12. The van der Waals surface area contributed by atoms with E-state index >= 15 is 0 Å². The van der Waals surface area contributed by atoms with Crippen LogP contribution in [0.5, 0.6) is 0 Å². The molecule has 0 unspecified atom stereocenters. The molecule has 0 aliphatic carbocycles. The maximum atomic E-state index is 13.0. The lowest BCUT2D eigenvalue weighted by atomic mass is 9.93. The Hall–Kier alpha value is -2.25. The second-order valence-electron chi connectivity index (χ2n) is 6.59. The highest BCUT2D eigenvalue weighted by atomic mass is 32.2. The van der Waals surface area contributed by atoms with E-state index in [1.807, 2.05) is 30.3 Å². The molecule has 2 aliphatic rings. The Bertz CT molecular complexity index is 976. The number of fused-ring (bicyclic) bond motifs is 1. The molecule has 0 bridgehead atoms. The zero-order valence-electron chi connectivity index (χ0n) is 14.3. The number of benzene rings is 2. The zero-order chi connectivity index (χ0) is 18.1. The van der Waals surface area contributed by atoms with Crippen LogP contribution in [0.25, 0.3) is 10.8 Å². The molecule has 0 saturated carbocycles. The summed E-state index contributed by atoms with van der Waals surface area (Å²) >= 11 is 0. The van der Waals surface area contributed by atoms with Crippen molar-refractivity contribution in [2.45, 2.75) is 17.7 Å². The largest absolute Gasteiger partial charge is 0.473 e. The van der Waals surface area contributed by atoms with E-state index in [-0.39, 0.29) is 17.6 Å². The minimum atomic E-state index is -3.56. The fourth-order valence-electron chi connectivity index (χ4n) is 3.49. The number of hydrogen-bond donors (Lipinski definition) is 0. The van der Waals surface area contributed by atoms with Gasteiger partial charge in [0.05, 0.1) is 11.4 Å². The van der Waals surface area contributed by atoms with Crippen LogP contribution in [0.4, 0.5) is 0 Å². The van der Waals surface area contributed by atoms with Gasteiger partial charge in [0.15, 0.2) is 0 Å². The number of hydrogen-bond acceptors (Lipinski definition) is 5. The quantitative estimate of drug-likeness (QED) is 0.825. The van der Waals surface area contributed by atoms with Gasteiger partial charge in [-0.2, -0.15) is 4.31 Å². The van der Waals surface area contributed by atoms with Crippen molar-refractivity contribution in [1.82, 2.24) is 4.31 Å². The highest BCUT2D eigenvalue weighted by Crippen LogP contribution is 2.27. The molecule has 2 aromatic carbocycles. The topological polar surface area (TPSA) is 76.0 Å². The second kappa shape index (κ2) is 6.81. The summed E-state index contributed by atoms with van der Waals surface area (Å²) in [5.41, 5.74) is 0. The van der Waals surface area contributed by atoms with Gasteiger partial charge < -0.3 is 4.74 Å². The molecule has 0 radical (unpaired) electrons. The summed E-state index contributed by atoms with van der Waals surface area (Å²) in [4.78, 5) is 16.7. The smallest absolute Gasteiger partial charge is 0.253 e. The Morgan fingerprint density at radius 1 is 1.08 bits per heavy atom. The van der Waals surface area contributed by atoms with E-state index in [4.69, 9.17) is 4.74 Å². The Balaban J connectivity index is 1.49. The maximum absolute atomic E-state index is 13.0. The van der Waals surface area contributed by atoms with Crippen LogP contribution in [0.1, 0.15) is 12.8 Å². The van der Waals surface area contributed by atoms with Gasteiger partial charge >= 0.3 is 0 Å². The predicted molar refractivity (Wildman–Crippen MR) is 98.7 cm³/mol. The normalized spacial score (nSPS) is 19.3. The van der Waals surface area contributed by atoms with E-state index in [9.17, 15) is 13.2 Å². The molecule has 0 atom stereocenters. The zero-order valence-corrected chi connectivity index (χ0v) is 15.1. The van der Waals surface area contributed by atoms with E-state index < -0.39 is 10.0 Å². The number of ketones is 1. The molecule has 7 heteroatoms. The summed E-state index contributed by atoms with van der Waals surface area (Å²) in [7, 11) is -3.56. The molecule has 0 N–H and O–H groups in total. The number of Topliss-reactive ketones (excluding diaryl/α,β-unsaturated/α-hetero) is 1. The highest BCUT2D eigenvalue weighted by molar-refractivity contribution is 7.89. The third-order valence-electron chi connectivity index (χ3n) is 4.98. The van der Waals surface area contributed by atoms with Gasteiger partial charge in [0.1, 0.15) is 6.61 Å². The van der Waals surface area contributed by atoms with E-state index in [1.165, 1.54) is 4.31 Å². The standard InChI is InChI=1S/C19H20N2O4S/c22-18(19-20-9-12-25-19)15-7-10-21(11-8-15)26(23,24)17-6-5-14-3-1-2-4-16(14)13-17/h1-6,13,15H,7-12H2. The fourth-order valence-corrected chi connectivity index (χ4v) is 5.00. The lowest BCUT2D eigenvalue weighted by Crippen LogP contribution is -2.41. The van der Waals surface area contributed by atoms with Crippen LogP contribution in [0, 0.1) is 5.92 Å². The molecule has 136 valence electrons. The first-order valence-corrected chi connectivity index (χ1v) is 10.2. The SMILES string of the molecule is O=C(C1=NCCO1)C1CCN(S(=O)(=O)c2ccc3ccccc3c2)CC1. The first-order chi connectivity index (χ1) is 12.6. The number of carbonyl (C=O) groups excluding carboxylic acids is 1. The Kier molecular flexibility index (Phi) is 4.50. The Morgan fingerprint density at radius 3 is 2.50 bits per heavy atom. The van der Waals surface area contributed by atoms with Crippen LogP contribution in [0.3, 0.4) is 0 Å². The molecule has 0 aromatic heterocycles. The molecule has 2 aromatic rings. The van der Waals surface area contributed by atoms with Crippen LogP contribution in [-0.2, 0) is 19.6 Å². The Morgan fingerprint density at radius 2 is 1.81 bits per heavy atom. The third-order valence-corrected chi connectivity index (χ3v) is 6.87. The van der Waals surface area contributed by atoms with Gasteiger partial charge in [0, 0.05) is 19.0 Å². The van der Waals surface area contributed by atoms with Crippen molar-refractivity contribution in [2.75, 3.05) is 26.2 Å². The van der Waals surface area contributed by atoms with E-state index in [1.54, 1.807) is 12.1 Å². The lowest BCUT2D eigenvalue weighted by molar-refractivity contribution is -0.118. The summed E-state index contributed by atoms with van der Waals surface area (Å²) < 4.78 is 32.6. The van der Waals surface area contributed by atoms with Crippen LogP contribution < -0.4 is 0 Å². The molecule has 26 heavy (non-hydrogen) atoms. The number of rotatable bonds is 4. The van der Waals surface area contributed by atoms with Crippen molar-refractivity contribution in [2.24, 2.45) is 10.9 Å². The molecule has 2 heterocycles. The van der Waals surface area contributed by atoms with Gasteiger partial charge in [-0.25, -0.2) is 13.4 Å². The van der Waals surface area contributed by atoms with Crippen LogP contribution in [-0.4, -0.2) is 50.6 Å². The second-order valence-corrected chi connectivity index (χ2v) is 8.52. The van der Waals surface area contributed by atoms with Gasteiger partial charge in [0.25, 0.3) is 5.90 Å². The van der Waals surface area contributed by atoms with Crippen LogP contribution >= 0.6 is 0 Å². The highest BCUT2D eigenvalue weighted by Gasteiger charge is 2.34. The first-order valence-electron chi connectivity index (χ1n) is 8.76. The summed E-state index contributed by atoms with van der Waals surface area (Å²) in [5.74, 6) is -0.0963. The molecule has 4 rings (SSSR count). The summed E-state index contributed by atoms with van der Waals surface area (Å²) in [6, 6.07) is 12.9. The summed E-state index contributed by atoms with van der Waals surface area (Å²) in [6.45, 7) is 1.64. The van der Waals surface area contributed by atoms with Gasteiger partial charge in [0.2, 0.25) is 15.8 Å². The maximum Gasteiger partial charge on any atom is 0.253 e. The van der Waals surface area contributed by atoms with Crippen molar-refractivity contribution in [1.29, 1.82) is 0 Å². The fraction of sp³-hybridized carbons (Fsp3) is 0.368. The molecular weight excluding hydrogens is 352 g/mol. The Labute approximate surface area is 152 Å². The van der Waals surface area contributed by atoms with Gasteiger partial charge in [-0.05, 0) is 35.7 Å². The molecule has 1 fully saturated rings. The van der Waals surface area contributed by atoms with Crippen molar-refractivity contribution in [3.8, 4) is 0 Å². The number of sulfonamides is 1. The van der Waals surface area contributed by atoms with Gasteiger partial charge in [-0.15, -0.1) is 0 Å². The van der Waals surface area contributed by atoms with Crippen molar-refractivity contribution in [3.05, 3.63) is 42.5 Å². The molecular formula is C19H20N2O4S. The molecule has 1 saturated heterocycles. The number of carbonyl (C=O) groups is 1. The summed E-state index contributed by atoms with van der Waals surface area (Å²) in [5, 5.41) is 1.91. The van der Waals surface area contributed by atoms with Gasteiger partial charge in [-0.3, -0.25) is 4.79 Å². The minimum absolute atomic E-state index is 0.0924. The monoisotopic (exact) mass is 372 g/mol. The lowest BCUT2D eigenvalue weighted by Gasteiger charge is -2.30. The van der Waals surface area contributed by atoms with Crippen LogP contribution in [0.2, 0.25) is 0 Å². The molecule has 2 aliphatic heterocycles. The first kappa shape index (κ1) is 17.2. The number of ether oxygens (including phenoxy) is 1. The molecule has 0 spiro atoms. The molecule has 6 nitrogen and oxygen atoms in total. The average Bonchev–Trinajstić information content (AvgIpc) is 3.22. The number of nitrogens with zero attached hydrogens (tertiary/aromatic N) is 2. The number of aliphatic imine (C=N–C) groups is 1. The summed E-state index contributed by atoms with van der Waals surface area (Å²) in [6.07, 6.45) is 0.988. The number of piperidine rings is 1. The van der Waals surface area contributed by atoms with Crippen molar-refractivity contribution >= 4 is 32.5 Å². The van der Waals surface area contributed by atoms with E-state index in [0.717, 1.165) is 10.8 Å². The van der Waals surface area contributed by atoms with E-state index in [0.29, 0.717) is 44.0 Å². The molecule has 0 amide bonds. The van der Waals surface area contributed by atoms with Crippen molar-refractivity contribution in [3.63, 3.8) is 0 Å². The van der Waals surface area contributed by atoms with Gasteiger partial charge in [-0.1, -0.05) is 30.3 Å². The average molecular weight is 372 g/mol. The minimum Gasteiger partial charge on any atom is -0.473 e. The predicted octanol–water partition coefficient (Wildman–Crippen LogP) is 2.24.